The first kappa shape index (κ1) is 11.8. The third-order valence-corrected chi connectivity index (χ3v) is 4.03. The summed E-state index contributed by atoms with van der Waals surface area (Å²) in [5, 5.41) is 0. The van der Waals surface area contributed by atoms with Gasteiger partial charge in [0.25, 0.3) is 0 Å². The fraction of sp³-hybridized carbons (Fsp3) is 0.500. The van der Waals surface area contributed by atoms with Crippen molar-refractivity contribution in [1.29, 1.82) is 0 Å². The van der Waals surface area contributed by atoms with Crippen LogP contribution in [0, 0.1) is 5.41 Å². The number of rotatable bonds is 2. The van der Waals surface area contributed by atoms with Gasteiger partial charge in [-0.1, -0.05) is 41.4 Å². The van der Waals surface area contributed by atoms with Crippen LogP contribution in [0.25, 0.3) is 0 Å². The molecule has 1 aliphatic carbocycles. The Morgan fingerprint density at radius 3 is 2.88 bits per heavy atom. The number of carbonyl (C=O) groups excluding carboxylic acids is 1. The van der Waals surface area contributed by atoms with Crippen LogP contribution in [0.2, 0.25) is 0 Å². The average molecular weight is 281 g/mol. The molecule has 0 aromatic heterocycles. The molecule has 1 aromatic rings. The molecule has 2 heteroatoms. The normalized spacial score (nSPS) is 25.8. The number of hydrogen-bond donors (Lipinski definition) is 0. The van der Waals surface area contributed by atoms with E-state index < -0.39 is 0 Å². The predicted octanol–water partition coefficient (Wildman–Crippen LogP) is 4.14. The van der Waals surface area contributed by atoms with Gasteiger partial charge in [0, 0.05) is 16.3 Å². The van der Waals surface area contributed by atoms with E-state index in [1.165, 1.54) is 12.0 Å². The lowest BCUT2D eigenvalue weighted by Gasteiger charge is -2.32. The fourth-order valence-electron chi connectivity index (χ4n) is 2.53. The number of hydrogen-bond acceptors (Lipinski definition) is 1. The van der Waals surface area contributed by atoms with Gasteiger partial charge in [-0.3, -0.25) is 4.79 Å². The lowest BCUT2D eigenvalue weighted by atomic mass is 9.71. The van der Waals surface area contributed by atoms with E-state index in [0.717, 1.165) is 30.2 Å². The molecule has 1 atom stereocenters. The largest absolute Gasteiger partial charge is 0.299 e. The van der Waals surface area contributed by atoms with Crippen LogP contribution in [0.5, 0.6) is 0 Å². The molecule has 0 radical (unpaired) electrons. The third-order valence-electron chi connectivity index (χ3n) is 3.54. The molecule has 0 N–H and O–H groups in total. The number of benzene rings is 1. The number of carbonyl (C=O) groups is 1. The second-order valence-corrected chi connectivity index (χ2v) is 5.91. The zero-order valence-electron chi connectivity index (χ0n) is 9.63. The molecular formula is C14H17BrO. The Balaban J connectivity index is 2.16. The molecule has 0 heterocycles. The van der Waals surface area contributed by atoms with E-state index in [4.69, 9.17) is 0 Å². The first-order chi connectivity index (χ1) is 7.60. The van der Waals surface area contributed by atoms with Crippen molar-refractivity contribution < 1.29 is 4.79 Å². The fourth-order valence-corrected chi connectivity index (χ4v) is 2.97. The molecule has 2 rings (SSSR count). The Morgan fingerprint density at radius 2 is 2.19 bits per heavy atom. The van der Waals surface area contributed by atoms with Gasteiger partial charge in [0.15, 0.2) is 0 Å². The van der Waals surface area contributed by atoms with Gasteiger partial charge in [0.2, 0.25) is 0 Å². The highest BCUT2D eigenvalue weighted by atomic mass is 79.9. The maximum atomic E-state index is 12.0. The van der Waals surface area contributed by atoms with E-state index in [-0.39, 0.29) is 5.41 Å². The zero-order valence-corrected chi connectivity index (χ0v) is 11.2. The lowest BCUT2D eigenvalue weighted by molar-refractivity contribution is -0.130. The zero-order chi connectivity index (χ0) is 11.6. The van der Waals surface area contributed by atoms with E-state index in [1.807, 2.05) is 12.1 Å². The first-order valence-electron chi connectivity index (χ1n) is 5.88. The van der Waals surface area contributed by atoms with Crippen LogP contribution in [0.15, 0.2) is 28.7 Å². The third kappa shape index (κ3) is 2.54. The first-order valence-corrected chi connectivity index (χ1v) is 6.67. The summed E-state index contributed by atoms with van der Waals surface area (Å²) in [6.45, 7) is 2.12. The Bertz CT molecular complexity index is 399. The van der Waals surface area contributed by atoms with Crippen molar-refractivity contribution in [2.45, 2.75) is 39.0 Å². The summed E-state index contributed by atoms with van der Waals surface area (Å²) >= 11 is 3.47. The summed E-state index contributed by atoms with van der Waals surface area (Å²) in [5.74, 6) is 0.443. The van der Waals surface area contributed by atoms with Crippen LogP contribution < -0.4 is 0 Å². The van der Waals surface area contributed by atoms with Crippen LogP contribution in [0.3, 0.4) is 0 Å². The Labute approximate surface area is 105 Å². The smallest absolute Gasteiger partial charge is 0.139 e. The Kier molecular flexibility index (Phi) is 3.48. The monoisotopic (exact) mass is 280 g/mol. The lowest BCUT2D eigenvalue weighted by Crippen LogP contribution is -2.33. The van der Waals surface area contributed by atoms with Gasteiger partial charge < -0.3 is 0 Å². The highest BCUT2D eigenvalue weighted by Gasteiger charge is 2.34. The summed E-state index contributed by atoms with van der Waals surface area (Å²) in [6.07, 6.45) is 4.96. The minimum atomic E-state index is -0.126. The van der Waals surface area contributed by atoms with Crippen molar-refractivity contribution in [2.24, 2.45) is 5.41 Å². The minimum absolute atomic E-state index is 0.126. The summed E-state index contributed by atoms with van der Waals surface area (Å²) < 4.78 is 1.09. The van der Waals surface area contributed by atoms with Gasteiger partial charge in [-0.2, -0.15) is 0 Å². The standard InChI is InChI=1S/C14H17BrO/c1-14(8-3-2-7-13(14)16)10-11-5-4-6-12(15)9-11/h4-6,9H,2-3,7-8,10H2,1H3/t14-/m1/s1. The molecule has 1 saturated carbocycles. The van der Waals surface area contributed by atoms with Crippen molar-refractivity contribution >= 4 is 21.7 Å². The Hall–Kier alpha value is -0.630. The second kappa shape index (κ2) is 4.70. The van der Waals surface area contributed by atoms with E-state index in [9.17, 15) is 4.79 Å². The SMILES string of the molecule is C[C@]1(Cc2cccc(Br)c2)CCCCC1=O. The number of Topliss-reactive ketones (excluding diaryl/α,β-unsaturated/α-hetero) is 1. The summed E-state index contributed by atoms with van der Waals surface area (Å²) in [4.78, 5) is 12.0. The van der Waals surface area contributed by atoms with Gasteiger partial charge in [-0.05, 0) is 37.0 Å². The summed E-state index contributed by atoms with van der Waals surface area (Å²) in [6, 6.07) is 8.29. The topological polar surface area (TPSA) is 17.1 Å². The molecule has 86 valence electrons. The molecule has 16 heavy (non-hydrogen) atoms. The summed E-state index contributed by atoms with van der Waals surface area (Å²) in [7, 11) is 0. The maximum Gasteiger partial charge on any atom is 0.139 e. The highest BCUT2D eigenvalue weighted by Crippen LogP contribution is 2.36. The van der Waals surface area contributed by atoms with Gasteiger partial charge in [-0.15, -0.1) is 0 Å². The van der Waals surface area contributed by atoms with Gasteiger partial charge in [-0.25, -0.2) is 0 Å². The summed E-state index contributed by atoms with van der Waals surface area (Å²) in [5.41, 5.74) is 1.13. The quantitative estimate of drug-likeness (QED) is 0.796. The van der Waals surface area contributed by atoms with E-state index in [1.54, 1.807) is 0 Å². The maximum absolute atomic E-state index is 12.0. The van der Waals surface area contributed by atoms with Crippen molar-refractivity contribution in [1.82, 2.24) is 0 Å². The van der Waals surface area contributed by atoms with Crippen molar-refractivity contribution in [3.8, 4) is 0 Å². The minimum Gasteiger partial charge on any atom is -0.299 e. The van der Waals surface area contributed by atoms with Crippen LogP contribution in [0.1, 0.15) is 38.2 Å². The van der Waals surface area contributed by atoms with Crippen LogP contribution in [-0.2, 0) is 11.2 Å². The van der Waals surface area contributed by atoms with Crippen molar-refractivity contribution in [3.63, 3.8) is 0 Å². The van der Waals surface area contributed by atoms with Crippen LogP contribution >= 0.6 is 15.9 Å². The van der Waals surface area contributed by atoms with Crippen LogP contribution in [0.4, 0.5) is 0 Å². The molecule has 1 fully saturated rings. The molecule has 1 aliphatic rings. The molecule has 1 nitrogen and oxygen atoms in total. The van der Waals surface area contributed by atoms with Crippen LogP contribution in [-0.4, -0.2) is 5.78 Å². The van der Waals surface area contributed by atoms with E-state index in [2.05, 4.69) is 35.0 Å². The van der Waals surface area contributed by atoms with E-state index in [0.29, 0.717) is 5.78 Å². The van der Waals surface area contributed by atoms with Gasteiger partial charge in [0.05, 0.1) is 0 Å². The average Bonchev–Trinajstić information content (AvgIpc) is 2.23. The molecule has 0 bridgehead atoms. The van der Waals surface area contributed by atoms with Crippen molar-refractivity contribution in [2.75, 3.05) is 0 Å². The van der Waals surface area contributed by atoms with Crippen molar-refractivity contribution in [3.05, 3.63) is 34.3 Å². The van der Waals surface area contributed by atoms with E-state index >= 15 is 0 Å². The molecule has 0 aliphatic heterocycles. The molecule has 0 saturated heterocycles. The molecule has 1 aromatic carbocycles. The molecule has 0 amide bonds. The van der Waals surface area contributed by atoms with Gasteiger partial charge >= 0.3 is 0 Å². The molecule has 0 unspecified atom stereocenters. The molecule has 0 spiro atoms. The molecular weight excluding hydrogens is 264 g/mol. The Morgan fingerprint density at radius 1 is 1.38 bits per heavy atom. The second-order valence-electron chi connectivity index (χ2n) is 5.00. The number of halogens is 1. The highest BCUT2D eigenvalue weighted by molar-refractivity contribution is 9.10. The number of ketones is 1. The predicted molar refractivity (Wildman–Crippen MR) is 69.4 cm³/mol. The van der Waals surface area contributed by atoms with Gasteiger partial charge in [0.1, 0.15) is 5.78 Å².